The summed E-state index contributed by atoms with van der Waals surface area (Å²) in [5, 5.41) is 9.87. The number of carbonyl (C=O) groups is 1. The molecule has 0 heterocycles. The van der Waals surface area contributed by atoms with Crippen molar-refractivity contribution in [2.24, 2.45) is 11.8 Å². The summed E-state index contributed by atoms with van der Waals surface area (Å²) < 4.78 is 0. The molecule has 3 heteroatoms. The highest BCUT2D eigenvalue weighted by Crippen LogP contribution is 2.41. The summed E-state index contributed by atoms with van der Waals surface area (Å²) in [4.78, 5) is 16.1. The minimum absolute atomic E-state index is 0.239. The van der Waals surface area contributed by atoms with Crippen molar-refractivity contribution < 1.29 is 9.90 Å². The average Bonchev–Trinajstić information content (AvgIpc) is 3.04. The number of hydrogen-bond acceptors (Lipinski definition) is 3. The number of nitrogens with zero attached hydrogens (tertiary/aromatic N) is 1. The van der Waals surface area contributed by atoms with Crippen molar-refractivity contribution in [1.29, 1.82) is 0 Å². The molecule has 242 valence electrons. The molecule has 2 fully saturated rings. The van der Waals surface area contributed by atoms with Crippen LogP contribution < -0.4 is 0 Å². The lowest BCUT2D eigenvalue weighted by atomic mass is 9.75. The van der Waals surface area contributed by atoms with Gasteiger partial charge in [0.15, 0.2) is 0 Å². The SMILES string of the molecule is C=C(c1ccc(C)cc1C(C(=O)CC1CCCCC1)c1ccc(O)cc1)C1CCCCC1.CC.CCC.CCN(C)CC. The summed E-state index contributed by atoms with van der Waals surface area (Å²) in [5.41, 5.74) is 5.62. The third-order valence-electron chi connectivity index (χ3n) is 8.80. The lowest BCUT2D eigenvalue weighted by Gasteiger charge is -2.29. The molecule has 0 bridgehead atoms. The molecule has 0 radical (unpaired) electrons. The molecule has 1 N–H and O–H groups in total. The van der Waals surface area contributed by atoms with Crippen LogP contribution in [0.25, 0.3) is 5.57 Å². The van der Waals surface area contributed by atoms with Gasteiger partial charge in [-0.15, -0.1) is 0 Å². The Morgan fingerprint density at radius 1 is 0.860 bits per heavy atom. The molecule has 3 nitrogen and oxygen atoms in total. The first-order valence-electron chi connectivity index (χ1n) is 17.5. The molecule has 4 rings (SSSR count). The molecule has 2 aliphatic carbocycles. The molecule has 2 aromatic rings. The summed E-state index contributed by atoms with van der Waals surface area (Å²) >= 11 is 0. The first kappa shape index (κ1) is 38.6. The van der Waals surface area contributed by atoms with Gasteiger partial charge in [-0.3, -0.25) is 4.79 Å². The quantitative estimate of drug-likeness (QED) is 0.315. The molecule has 1 unspecified atom stereocenters. The Kier molecular flexibility index (Phi) is 19.9. The number of aryl methyl sites for hydroxylation is 1. The molecule has 43 heavy (non-hydrogen) atoms. The van der Waals surface area contributed by atoms with Crippen molar-refractivity contribution in [2.45, 2.75) is 131 Å². The number of benzene rings is 2. The van der Waals surface area contributed by atoms with E-state index in [2.05, 4.69) is 71.3 Å². The van der Waals surface area contributed by atoms with Crippen LogP contribution in [-0.2, 0) is 4.79 Å². The third kappa shape index (κ3) is 13.4. The van der Waals surface area contributed by atoms with Gasteiger partial charge in [-0.25, -0.2) is 0 Å². The van der Waals surface area contributed by atoms with Gasteiger partial charge in [0, 0.05) is 6.42 Å². The van der Waals surface area contributed by atoms with Gasteiger partial charge < -0.3 is 10.0 Å². The van der Waals surface area contributed by atoms with Gasteiger partial charge >= 0.3 is 0 Å². The average molecular weight is 592 g/mol. The molecular weight excluding hydrogens is 526 g/mol. The van der Waals surface area contributed by atoms with Crippen molar-refractivity contribution in [3.8, 4) is 5.75 Å². The number of phenolic OH excluding ortho intramolecular Hbond substituents is 1. The minimum Gasteiger partial charge on any atom is -0.508 e. The van der Waals surface area contributed by atoms with Gasteiger partial charge in [-0.05, 0) is 86.1 Å². The number of carbonyl (C=O) groups excluding carboxylic acids is 1. The number of phenols is 1. The molecule has 0 aliphatic heterocycles. The number of Topliss-reactive ketones (excluding diaryl/α,β-unsaturated/α-hetero) is 1. The number of aromatic hydroxyl groups is 1. The highest BCUT2D eigenvalue weighted by atomic mass is 16.3. The Labute approximate surface area is 266 Å². The molecule has 1 atom stereocenters. The van der Waals surface area contributed by atoms with E-state index in [4.69, 9.17) is 0 Å². The van der Waals surface area contributed by atoms with Gasteiger partial charge in [0.2, 0.25) is 0 Å². The fourth-order valence-electron chi connectivity index (χ4n) is 6.11. The second-order valence-electron chi connectivity index (χ2n) is 12.3. The van der Waals surface area contributed by atoms with E-state index >= 15 is 0 Å². The van der Waals surface area contributed by atoms with Crippen molar-refractivity contribution >= 4 is 11.4 Å². The van der Waals surface area contributed by atoms with Gasteiger partial charge in [-0.2, -0.15) is 0 Å². The number of rotatable bonds is 9. The van der Waals surface area contributed by atoms with E-state index in [0.29, 0.717) is 24.0 Å². The summed E-state index contributed by atoms with van der Waals surface area (Å²) in [6.45, 7) is 21.5. The third-order valence-corrected chi connectivity index (χ3v) is 8.80. The second kappa shape index (κ2) is 22.2. The van der Waals surface area contributed by atoms with Gasteiger partial charge in [-0.1, -0.05) is 142 Å². The zero-order chi connectivity index (χ0) is 32.2. The molecule has 2 aliphatic rings. The maximum Gasteiger partial charge on any atom is 0.145 e. The van der Waals surface area contributed by atoms with Crippen molar-refractivity contribution in [2.75, 3.05) is 20.1 Å². The molecule has 0 saturated heterocycles. The Hall–Kier alpha value is -2.39. The fourth-order valence-corrected chi connectivity index (χ4v) is 6.11. The van der Waals surface area contributed by atoms with Gasteiger partial charge in [0.05, 0.1) is 5.92 Å². The van der Waals surface area contributed by atoms with Crippen LogP contribution in [0, 0.1) is 18.8 Å². The van der Waals surface area contributed by atoms with Crippen molar-refractivity contribution in [1.82, 2.24) is 4.90 Å². The first-order valence-corrected chi connectivity index (χ1v) is 17.5. The predicted molar refractivity (Wildman–Crippen MR) is 189 cm³/mol. The Bertz CT molecular complexity index is 1020. The molecule has 0 spiro atoms. The standard InChI is InChI=1S/C30H38O2.C5H13N.C3H8.C2H6/c1-21-13-18-27(22(2)24-11-7-4-8-12-24)28(19-21)30(25-14-16-26(31)17-15-25)29(32)20-23-9-5-3-6-10-23;1-4-6(3)5-2;1-3-2;1-2/h13-19,23-24,30-31H,2-12,20H2,1H3;4-5H2,1-3H3;3H2,1-2H3;1-2H3. The lowest BCUT2D eigenvalue weighted by Crippen LogP contribution is -2.21. The maximum absolute atomic E-state index is 13.9. The van der Waals surface area contributed by atoms with Gasteiger partial charge in [0.1, 0.15) is 11.5 Å². The summed E-state index contributed by atoms with van der Waals surface area (Å²) in [6.07, 6.45) is 14.3. The highest BCUT2D eigenvalue weighted by molar-refractivity contribution is 5.91. The number of hydrogen-bond donors (Lipinski definition) is 1. The normalized spacial score (nSPS) is 16.0. The highest BCUT2D eigenvalue weighted by Gasteiger charge is 2.30. The minimum atomic E-state index is -0.298. The lowest BCUT2D eigenvalue weighted by molar-refractivity contribution is -0.120. The largest absolute Gasteiger partial charge is 0.508 e. The van der Waals surface area contributed by atoms with E-state index in [1.807, 2.05) is 26.0 Å². The van der Waals surface area contributed by atoms with E-state index < -0.39 is 0 Å². The number of ketones is 1. The molecule has 2 saturated carbocycles. The topological polar surface area (TPSA) is 40.5 Å². The van der Waals surface area contributed by atoms with Crippen LogP contribution in [0.2, 0.25) is 0 Å². The molecule has 0 aromatic heterocycles. The van der Waals surface area contributed by atoms with Crippen LogP contribution in [0.15, 0.2) is 49.0 Å². The van der Waals surface area contributed by atoms with E-state index in [1.54, 1.807) is 12.1 Å². The van der Waals surface area contributed by atoms with Crippen LogP contribution >= 0.6 is 0 Å². The van der Waals surface area contributed by atoms with Gasteiger partial charge in [0.25, 0.3) is 0 Å². The first-order chi connectivity index (χ1) is 20.7. The zero-order valence-electron chi connectivity index (χ0n) is 29.2. The number of allylic oxidation sites excluding steroid dienone is 1. The maximum atomic E-state index is 13.9. The summed E-state index contributed by atoms with van der Waals surface area (Å²) in [5.74, 6) is 1.27. The molecular formula is C40H65NO2. The van der Waals surface area contributed by atoms with E-state index in [0.717, 1.165) is 29.8 Å². The smallest absolute Gasteiger partial charge is 0.145 e. The van der Waals surface area contributed by atoms with Crippen LogP contribution in [0.1, 0.15) is 147 Å². The fraction of sp³-hybridized carbons (Fsp3) is 0.625. The van der Waals surface area contributed by atoms with Crippen LogP contribution in [0.5, 0.6) is 5.75 Å². The van der Waals surface area contributed by atoms with Crippen molar-refractivity contribution in [3.63, 3.8) is 0 Å². The van der Waals surface area contributed by atoms with E-state index in [1.165, 1.54) is 81.8 Å². The van der Waals surface area contributed by atoms with Crippen LogP contribution in [-0.4, -0.2) is 35.9 Å². The zero-order valence-corrected chi connectivity index (χ0v) is 29.2. The van der Waals surface area contributed by atoms with Crippen LogP contribution in [0.4, 0.5) is 0 Å². The van der Waals surface area contributed by atoms with Crippen LogP contribution in [0.3, 0.4) is 0 Å². The monoisotopic (exact) mass is 592 g/mol. The predicted octanol–water partition coefficient (Wildman–Crippen LogP) is 11.4. The van der Waals surface area contributed by atoms with E-state index in [-0.39, 0.29) is 11.7 Å². The molecule has 2 aromatic carbocycles. The Morgan fingerprint density at radius 2 is 1.37 bits per heavy atom. The Morgan fingerprint density at radius 3 is 1.86 bits per heavy atom. The van der Waals surface area contributed by atoms with E-state index in [9.17, 15) is 9.90 Å². The van der Waals surface area contributed by atoms with Crippen molar-refractivity contribution in [3.05, 3.63) is 71.3 Å². The summed E-state index contributed by atoms with van der Waals surface area (Å²) in [6, 6.07) is 13.8. The summed E-state index contributed by atoms with van der Waals surface area (Å²) in [7, 11) is 2.11. The molecule has 0 amide bonds. The Balaban J connectivity index is 0.000000729. The second-order valence-corrected chi connectivity index (χ2v) is 12.3.